The number of halogens is 3. The molecule has 26 heavy (non-hydrogen) atoms. The molecule has 10 heteroatoms. The number of alkyl halides is 3. The first-order valence-electron chi connectivity index (χ1n) is 7.41. The average Bonchev–Trinajstić information content (AvgIpc) is 2.82. The molecule has 0 aliphatic carbocycles. The molecule has 0 fully saturated rings. The molecule has 1 aliphatic rings. The van der Waals surface area contributed by atoms with Gasteiger partial charge in [-0.3, -0.25) is 4.79 Å². The van der Waals surface area contributed by atoms with Gasteiger partial charge in [0, 0.05) is 18.0 Å². The maximum Gasteiger partial charge on any atom is 0.416 e. The van der Waals surface area contributed by atoms with Crippen molar-refractivity contribution in [3.8, 4) is 0 Å². The van der Waals surface area contributed by atoms with Crippen molar-refractivity contribution in [2.45, 2.75) is 12.7 Å². The largest absolute Gasteiger partial charge is 0.416 e. The van der Waals surface area contributed by atoms with E-state index < -0.39 is 17.6 Å². The Labute approximate surface area is 145 Å². The Kier molecular flexibility index (Phi) is 4.57. The lowest BCUT2D eigenvalue weighted by Gasteiger charge is -2.13. The summed E-state index contributed by atoms with van der Waals surface area (Å²) < 4.78 is 40.9. The number of nitrogens with zero attached hydrogens (tertiary/aromatic N) is 4. The Morgan fingerprint density at radius 1 is 1.27 bits per heavy atom. The van der Waals surface area contributed by atoms with Crippen LogP contribution < -0.4 is 11.1 Å². The van der Waals surface area contributed by atoms with Crippen molar-refractivity contribution < 1.29 is 18.0 Å². The molecule has 134 valence electrons. The van der Waals surface area contributed by atoms with Crippen molar-refractivity contribution in [3.05, 3.63) is 65.5 Å². The first kappa shape index (κ1) is 17.4. The zero-order valence-electron chi connectivity index (χ0n) is 13.2. The highest BCUT2D eigenvalue weighted by Crippen LogP contribution is 2.32. The second kappa shape index (κ2) is 6.82. The van der Waals surface area contributed by atoms with E-state index in [-0.39, 0.29) is 23.8 Å². The minimum atomic E-state index is -4.51. The number of hydrogen-bond acceptors (Lipinski definition) is 5. The molecule has 2 aromatic rings. The lowest BCUT2D eigenvalue weighted by molar-refractivity contribution is -0.138. The van der Waals surface area contributed by atoms with Gasteiger partial charge in [0.1, 0.15) is 0 Å². The molecule has 0 bridgehead atoms. The van der Waals surface area contributed by atoms with E-state index >= 15 is 0 Å². The van der Waals surface area contributed by atoms with Crippen LogP contribution in [0.4, 0.5) is 13.2 Å². The summed E-state index contributed by atoms with van der Waals surface area (Å²) in [5, 5.41) is 6.70. The number of aromatic nitrogens is 3. The lowest BCUT2D eigenvalue weighted by atomic mass is 10.1. The fourth-order valence-electron chi connectivity index (χ4n) is 2.38. The normalized spacial score (nSPS) is 13.9. The third-order valence-corrected chi connectivity index (χ3v) is 3.51. The molecule has 1 amide bonds. The summed E-state index contributed by atoms with van der Waals surface area (Å²) in [6.07, 6.45) is 1.51. The zero-order valence-corrected chi connectivity index (χ0v) is 13.2. The van der Waals surface area contributed by atoms with E-state index in [1.165, 1.54) is 35.4 Å². The Hall–Kier alpha value is -3.43. The van der Waals surface area contributed by atoms with Crippen molar-refractivity contribution in [1.82, 2.24) is 20.1 Å². The van der Waals surface area contributed by atoms with Crippen LogP contribution in [0.2, 0.25) is 0 Å². The molecule has 0 unspecified atom stereocenters. The maximum atomic E-state index is 13.2. The van der Waals surface area contributed by atoms with Gasteiger partial charge in [-0.15, -0.1) is 5.10 Å². The van der Waals surface area contributed by atoms with Gasteiger partial charge in [0.2, 0.25) is 5.82 Å². The zero-order chi connectivity index (χ0) is 18.7. The van der Waals surface area contributed by atoms with Gasteiger partial charge in [0.15, 0.2) is 5.82 Å². The van der Waals surface area contributed by atoms with Crippen LogP contribution in [-0.2, 0) is 12.7 Å². The van der Waals surface area contributed by atoms with Crippen LogP contribution in [-0.4, -0.2) is 27.0 Å². The molecule has 1 aliphatic heterocycles. The summed E-state index contributed by atoms with van der Waals surface area (Å²) in [7, 11) is 0. The Morgan fingerprint density at radius 3 is 2.77 bits per heavy atom. The highest BCUT2D eigenvalue weighted by Gasteiger charge is 2.33. The van der Waals surface area contributed by atoms with Gasteiger partial charge in [0.05, 0.1) is 18.4 Å². The molecular weight excluding hydrogens is 349 g/mol. The lowest BCUT2D eigenvalue weighted by Crippen LogP contribution is -2.15. The smallest absolute Gasteiger partial charge is 0.363 e. The number of hydrogen-bond donors (Lipinski definition) is 2. The predicted molar refractivity (Wildman–Crippen MR) is 87.8 cm³/mol. The molecule has 3 rings (SSSR count). The van der Waals surface area contributed by atoms with Gasteiger partial charge in [0.25, 0.3) is 5.91 Å². The van der Waals surface area contributed by atoms with Crippen LogP contribution in [0.1, 0.15) is 27.6 Å². The first-order chi connectivity index (χ1) is 12.4. The van der Waals surface area contributed by atoms with Gasteiger partial charge < -0.3 is 11.1 Å². The summed E-state index contributed by atoms with van der Waals surface area (Å²) in [5.74, 6) is -0.998. The number of amides is 1. The van der Waals surface area contributed by atoms with E-state index in [1.807, 2.05) is 0 Å². The van der Waals surface area contributed by atoms with E-state index in [0.29, 0.717) is 5.57 Å². The number of aliphatic imine (C=N–C) groups is 1. The number of nitrogens with one attached hydrogen (secondary N) is 1. The molecule has 7 nitrogen and oxygen atoms in total. The maximum absolute atomic E-state index is 13.2. The highest BCUT2D eigenvalue weighted by atomic mass is 19.4. The van der Waals surface area contributed by atoms with E-state index in [1.54, 1.807) is 12.3 Å². The van der Waals surface area contributed by atoms with Crippen LogP contribution in [0.5, 0.6) is 0 Å². The van der Waals surface area contributed by atoms with Crippen molar-refractivity contribution in [3.63, 3.8) is 0 Å². The number of carbonyl (C=O) groups is 1. The summed E-state index contributed by atoms with van der Waals surface area (Å²) in [4.78, 5) is 19.4. The SMILES string of the molecule is NC(=O)c1nc(C2=CN=CNC=C2)n(Cc2ccccc2C(F)(F)F)n1. The van der Waals surface area contributed by atoms with E-state index in [4.69, 9.17) is 5.73 Å². The molecule has 1 aromatic heterocycles. The third-order valence-electron chi connectivity index (χ3n) is 3.51. The molecule has 2 heterocycles. The van der Waals surface area contributed by atoms with Gasteiger partial charge >= 0.3 is 6.18 Å². The van der Waals surface area contributed by atoms with E-state index in [2.05, 4.69) is 20.4 Å². The van der Waals surface area contributed by atoms with Crippen LogP contribution in [0.15, 0.2) is 47.7 Å². The quantitative estimate of drug-likeness (QED) is 0.868. The van der Waals surface area contributed by atoms with Crippen molar-refractivity contribution >= 4 is 17.8 Å². The highest BCUT2D eigenvalue weighted by molar-refractivity contribution is 5.89. The number of allylic oxidation sites excluding steroid dienone is 2. The summed E-state index contributed by atoms with van der Waals surface area (Å²) in [5.41, 5.74) is 4.87. The molecule has 3 N–H and O–H groups in total. The van der Waals surface area contributed by atoms with Crippen LogP contribution in [0.25, 0.3) is 5.57 Å². The van der Waals surface area contributed by atoms with Crippen molar-refractivity contribution in [2.24, 2.45) is 10.7 Å². The monoisotopic (exact) mass is 362 g/mol. The third kappa shape index (κ3) is 3.63. The van der Waals surface area contributed by atoms with Gasteiger partial charge in [-0.1, -0.05) is 18.2 Å². The van der Waals surface area contributed by atoms with E-state index in [9.17, 15) is 18.0 Å². The second-order valence-electron chi connectivity index (χ2n) is 5.30. The number of carbonyl (C=O) groups excluding carboxylic acids is 1. The summed E-state index contributed by atoms with van der Waals surface area (Å²) in [6.45, 7) is -0.242. The summed E-state index contributed by atoms with van der Waals surface area (Å²) >= 11 is 0. The molecular formula is C16H13F3N6O. The fraction of sp³-hybridized carbons (Fsp3) is 0.125. The van der Waals surface area contributed by atoms with Crippen molar-refractivity contribution in [2.75, 3.05) is 0 Å². The molecule has 0 saturated heterocycles. The minimum Gasteiger partial charge on any atom is -0.363 e. The number of rotatable bonds is 4. The van der Waals surface area contributed by atoms with Gasteiger partial charge in [-0.05, 0) is 17.7 Å². The predicted octanol–water partition coefficient (Wildman–Crippen LogP) is 1.93. The first-order valence-corrected chi connectivity index (χ1v) is 7.41. The minimum absolute atomic E-state index is 0.0120. The molecule has 0 radical (unpaired) electrons. The topological polar surface area (TPSA) is 98.2 Å². The van der Waals surface area contributed by atoms with Gasteiger partial charge in [-0.2, -0.15) is 13.2 Å². The number of benzene rings is 1. The molecule has 1 aromatic carbocycles. The van der Waals surface area contributed by atoms with Crippen LogP contribution in [0, 0.1) is 0 Å². The Balaban J connectivity index is 2.07. The fourth-order valence-corrected chi connectivity index (χ4v) is 2.38. The van der Waals surface area contributed by atoms with Crippen molar-refractivity contribution in [1.29, 1.82) is 0 Å². The van der Waals surface area contributed by atoms with Crippen LogP contribution in [0.3, 0.4) is 0 Å². The second-order valence-corrected chi connectivity index (χ2v) is 5.30. The molecule has 0 atom stereocenters. The average molecular weight is 362 g/mol. The standard InChI is InChI=1S/C16H13F3N6O/c17-16(18,19)12-4-2-1-3-11(12)8-25-15(23-14(24-25)13(20)26)10-5-6-21-9-22-7-10/h1-7,9H,8H2,(H2,20,26)(H,21,22). The van der Waals surface area contributed by atoms with Gasteiger partial charge in [-0.25, -0.2) is 14.7 Å². The Morgan fingerprint density at radius 2 is 2.04 bits per heavy atom. The van der Waals surface area contributed by atoms with Crippen LogP contribution >= 0.6 is 0 Å². The van der Waals surface area contributed by atoms with E-state index in [0.717, 1.165) is 6.07 Å². The number of nitrogens with two attached hydrogens (primary N) is 1. The molecule has 0 spiro atoms. The Bertz CT molecular complexity index is 926. The molecule has 0 saturated carbocycles. The number of primary amides is 1. The summed E-state index contributed by atoms with van der Waals surface area (Å²) in [6, 6.07) is 5.13.